The standard InChI is InChI=1S/C8H5N3/c9-5-6-1-2-7-8(11-6)3-4-10-7/h1-4,10H. The molecule has 3 heteroatoms. The van der Waals surface area contributed by atoms with Crippen molar-refractivity contribution in [2.75, 3.05) is 0 Å². The number of nitrogens with one attached hydrogen (secondary N) is 1. The highest BCUT2D eigenvalue weighted by Gasteiger charge is 1.95. The van der Waals surface area contributed by atoms with E-state index in [1.807, 2.05) is 18.2 Å². The van der Waals surface area contributed by atoms with Gasteiger partial charge in [-0.25, -0.2) is 4.98 Å². The van der Waals surface area contributed by atoms with Crippen LogP contribution in [-0.4, -0.2) is 9.97 Å². The van der Waals surface area contributed by atoms with Crippen molar-refractivity contribution in [3.8, 4) is 6.07 Å². The second kappa shape index (κ2) is 2.10. The normalized spacial score (nSPS) is 9.73. The van der Waals surface area contributed by atoms with Crippen molar-refractivity contribution in [3.05, 3.63) is 30.1 Å². The van der Waals surface area contributed by atoms with E-state index in [1.54, 1.807) is 12.3 Å². The van der Waals surface area contributed by atoms with Gasteiger partial charge in [0.25, 0.3) is 0 Å². The Kier molecular flexibility index (Phi) is 1.13. The quantitative estimate of drug-likeness (QED) is 0.606. The van der Waals surface area contributed by atoms with E-state index in [0.717, 1.165) is 11.0 Å². The number of hydrogen-bond acceptors (Lipinski definition) is 2. The predicted octanol–water partition coefficient (Wildman–Crippen LogP) is 1.43. The SMILES string of the molecule is N#Cc1ccc2[nH]ccc2n1. The van der Waals surface area contributed by atoms with Crippen LogP contribution >= 0.6 is 0 Å². The number of nitrogens with zero attached hydrogens (tertiary/aromatic N) is 2. The molecule has 2 rings (SSSR count). The molecule has 0 saturated heterocycles. The lowest BCUT2D eigenvalue weighted by Crippen LogP contribution is -1.80. The highest BCUT2D eigenvalue weighted by Crippen LogP contribution is 2.08. The van der Waals surface area contributed by atoms with Gasteiger partial charge in [0.1, 0.15) is 11.8 Å². The number of hydrogen-bond donors (Lipinski definition) is 1. The van der Waals surface area contributed by atoms with Crippen LogP contribution in [0.5, 0.6) is 0 Å². The van der Waals surface area contributed by atoms with E-state index >= 15 is 0 Å². The molecular weight excluding hydrogens is 138 g/mol. The van der Waals surface area contributed by atoms with Crippen molar-refractivity contribution in [1.29, 1.82) is 5.26 Å². The lowest BCUT2D eigenvalue weighted by molar-refractivity contribution is 1.32. The molecule has 0 aliphatic heterocycles. The second-order valence-electron chi connectivity index (χ2n) is 2.22. The van der Waals surface area contributed by atoms with E-state index in [0.29, 0.717) is 5.69 Å². The molecule has 0 bridgehead atoms. The van der Waals surface area contributed by atoms with Crippen LogP contribution in [0.15, 0.2) is 24.4 Å². The molecule has 11 heavy (non-hydrogen) atoms. The minimum atomic E-state index is 0.456. The summed E-state index contributed by atoms with van der Waals surface area (Å²) in [7, 11) is 0. The third kappa shape index (κ3) is 0.849. The molecule has 3 nitrogen and oxygen atoms in total. The molecule has 0 spiro atoms. The monoisotopic (exact) mass is 143 g/mol. The molecule has 2 heterocycles. The summed E-state index contributed by atoms with van der Waals surface area (Å²) in [5.41, 5.74) is 2.25. The molecular formula is C8H5N3. The van der Waals surface area contributed by atoms with Crippen LogP contribution in [0.4, 0.5) is 0 Å². The lowest BCUT2D eigenvalue weighted by atomic mass is 10.3. The van der Waals surface area contributed by atoms with Crippen LogP contribution in [-0.2, 0) is 0 Å². The molecule has 0 aromatic carbocycles. The molecule has 0 aliphatic carbocycles. The minimum absolute atomic E-state index is 0.456. The molecule has 0 amide bonds. The third-order valence-electron chi connectivity index (χ3n) is 1.52. The van der Waals surface area contributed by atoms with Crippen molar-refractivity contribution in [3.63, 3.8) is 0 Å². The van der Waals surface area contributed by atoms with Gasteiger partial charge < -0.3 is 4.98 Å². The first-order valence-corrected chi connectivity index (χ1v) is 3.24. The topological polar surface area (TPSA) is 52.5 Å². The van der Waals surface area contributed by atoms with E-state index in [-0.39, 0.29) is 0 Å². The van der Waals surface area contributed by atoms with Crippen LogP contribution in [0.2, 0.25) is 0 Å². The van der Waals surface area contributed by atoms with E-state index in [4.69, 9.17) is 5.26 Å². The van der Waals surface area contributed by atoms with Gasteiger partial charge in [0.05, 0.1) is 11.0 Å². The molecule has 2 aromatic rings. The van der Waals surface area contributed by atoms with E-state index in [9.17, 15) is 0 Å². The summed E-state index contributed by atoms with van der Waals surface area (Å²) in [6.45, 7) is 0. The van der Waals surface area contributed by atoms with Crippen molar-refractivity contribution in [2.45, 2.75) is 0 Å². The molecule has 1 N–H and O–H groups in total. The first-order valence-electron chi connectivity index (χ1n) is 3.24. The summed E-state index contributed by atoms with van der Waals surface area (Å²) in [5, 5.41) is 8.51. The Labute approximate surface area is 63.3 Å². The maximum Gasteiger partial charge on any atom is 0.141 e. The number of H-pyrrole nitrogens is 1. The predicted molar refractivity (Wildman–Crippen MR) is 40.8 cm³/mol. The second-order valence-corrected chi connectivity index (χ2v) is 2.22. The zero-order valence-electron chi connectivity index (χ0n) is 5.70. The number of aromatic nitrogens is 2. The Hall–Kier alpha value is -1.82. The fourth-order valence-electron chi connectivity index (χ4n) is 0.997. The molecule has 0 unspecified atom stereocenters. The Morgan fingerprint density at radius 1 is 1.36 bits per heavy atom. The first-order chi connectivity index (χ1) is 5.40. The molecule has 52 valence electrons. The van der Waals surface area contributed by atoms with Gasteiger partial charge in [-0.3, -0.25) is 0 Å². The average Bonchev–Trinajstić information content (AvgIpc) is 2.50. The largest absolute Gasteiger partial charge is 0.360 e. The van der Waals surface area contributed by atoms with E-state index < -0.39 is 0 Å². The van der Waals surface area contributed by atoms with Crippen molar-refractivity contribution < 1.29 is 0 Å². The molecule has 0 saturated carbocycles. The fraction of sp³-hybridized carbons (Fsp3) is 0. The van der Waals surface area contributed by atoms with Gasteiger partial charge in [0, 0.05) is 6.20 Å². The fourth-order valence-corrected chi connectivity index (χ4v) is 0.997. The summed E-state index contributed by atoms with van der Waals surface area (Å²) in [6, 6.07) is 7.37. The third-order valence-corrected chi connectivity index (χ3v) is 1.52. The zero-order valence-corrected chi connectivity index (χ0v) is 5.70. The first kappa shape index (κ1) is 5.93. The Bertz CT molecular complexity index is 422. The van der Waals surface area contributed by atoms with Crippen LogP contribution < -0.4 is 0 Å². The van der Waals surface area contributed by atoms with Gasteiger partial charge in [0.2, 0.25) is 0 Å². The van der Waals surface area contributed by atoms with Gasteiger partial charge >= 0.3 is 0 Å². The summed E-state index contributed by atoms with van der Waals surface area (Å²) >= 11 is 0. The smallest absolute Gasteiger partial charge is 0.141 e. The van der Waals surface area contributed by atoms with E-state index in [2.05, 4.69) is 9.97 Å². The average molecular weight is 143 g/mol. The zero-order chi connectivity index (χ0) is 7.68. The number of rotatable bonds is 0. The van der Waals surface area contributed by atoms with Crippen molar-refractivity contribution in [1.82, 2.24) is 9.97 Å². The van der Waals surface area contributed by atoms with Gasteiger partial charge in [-0.15, -0.1) is 0 Å². The van der Waals surface area contributed by atoms with Gasteiger partial charge in [0.15, 0.2) is 0 Å². The molecule has 0 atom stereocenters. The van der Waals surface area contributed by atoms with Crippen LogP contribution in [0.3, 0.4) is 0 Å². The molecule has 0 fully saturated rings. The molecule has 0 aliphatic rings. The van der Waals surface area contributed by atoms with Gasteiger partial charge in [-0.1, -0.05) is 0 Å². The summed E-state index contributed by atoms with van der Waals surface area (Å²) in [5.74, 6) is 0. The Morgan fingerprint density at radius 3 is 3.09 bits per heavy atom. The van der Waals surface area contributed by atoms with E-state index in [1.165, 1.54) is 0 Å². The Morgan fingerprint density at radius 2 is 2.27 bits per heavy atom. The van der Waals surface area contributed by atoms with Gasteiger partial charge in [-0.2, -0.15) is 5.26 Å². The van der Waals surface area contributed by atoms with Crippen LogP contribution in [0, 0.1) is 11.3 Å². The summed E-state index contributed by atoms with van der Waals surface area (Å²) < 4.78 is 0. The van der Waals surface area contributed by atoms with Crippen molar-refractivity contribution in [2.24, 2.45) is 0 Å². The number of nitriles is 1. The lowest BCUT2D eigenvalue weighted by Gasteiger charge is -1.87. The Balaban J connectivity index is 2.79. The number of pyridine rings is 1. The molecule has 2 aromatic heterocycles. The van der Waals surface area contributed by atoms with Crippen LogP contribution in [0.1, 0.15) is 5.69 Å². The number of fused-ring (bicyclic) bond motifs is 1. The molecule has 0 radical (unpaired) electrons. The highest BCUT2D eigenvalue weighted by atomic mass is 14.8. The summed E-state index contributed by atoms with van der Waals surface area (Å²) in [4.78, 5) is 7.06. The summed E-state index contributed by atoms with van der Waals surface area (Å²) in [6.07, 6.45) is 1.80. The maximum absolute atomic E-state index is 8.51. The minimum Gasteiger partial charge on any atom is -0.360 e. The highest BCUT2D eigenvalue weighted by molar-refractivity contribution is 5.75. The van der Waals surface area contributed by atoms with Crippen molar-refractivity contribution >= 4 is 11.0 Å². The van der Waals surface area contributed by atoms with Gasteiger partial charge in [-0.05, 0) is 18.2 Å². The maximum atomic E-state index is 8.51. The number of aromatic amines is 1. The van der Waals surface area contributed by atoms with Crippen LogP contribution in [0.25, 0.3) is 11.0 Å².